The first-order chi connectivity index (χ1) is 12.2. The van der Waals surface area contributed by atoms with E-state index in [0.717, 1.165) is 62.4 Å². The van der Waals surface area contributed by atoms with Gasteiger partial charge in [-0.2, -0.15) is 0 Å². The molecule has 1 atom stereocenters. The van der Waals surface area contributed by atoms with Crippen LogP contribution in [0.25, 0.3) is 0 Å². The van der Waals surface area contributed by atoms with Crippen LogP contribution in [0.5, 0.6) is 0 Å². The van der Waals surface area contributed by atoms with Crippen LogP contribution in [0.4, 0.5) is 5.82 Å². The molecule has 0 aliphatic carbocycles. The number of likely N-dealkylation sites (tertiary alicyclic amines) is 1. The number of anilines is 1. The lowest BCUT2D eigenvalue weighted by Crippen LogP contribution is -2.31. The second-order valence-corrected chi connectivity index (χ2v) is 6.47. The number of aromatic nitrogens is 3. The van der Waals surface area contributed by atoms with E-state index in [0.29, 0.717) is 11.7 Å². The van der Waals surface area contributed by atoms with E-state index < -0.39 is 0 Å². The van der Waals surface area contributed by atoms with Crippen LogP contribution < -0.4 is 5.32 Å². The van der Waals surface area contributed by atoms with Crippen molar-refractivity contribution in [3.8, 4) is 0 Å². The lowest BCUT2D eigenvalue weighted by Gasteiger charge is -2.19. The minimum atomic E-state index is -0.0500. The molecule has 1 fully saturated rings. The van der Waals surface area contributed by atoms with Crippen molar-refractivity contribution in [2.45, 2.75) is 39.0 Å². The van der Waals surface area contributed by atoms with Crippen LogP contribution in [0.1, 0.15) is 48.1 Å². The smallest absolute Gasteiger partial charge is 0.292 e. The molecule has 3 rings (SSSR count). The lowest BCUT2D eigenvalue weighted by atomic mass is 9.95. The van der Waals surface area contributed by atoms with Gasteiger partial charge in [-0.25, -0.2) is 4.98 Å². The summed E-state index contributed by atoms with van der Waals surface area (Å²) in [6.07, 6.45) is 8.32. The molecule has 134 valence electrons. The SMILES string of the molecule is CCc1cc(C(=O)N2CCC[C@H](Cc3cnc(NC)cn3)CC2)on1. The minimum Gasteiger partial charge on any atom is -0.372 e. The fraction of sp³-hybridized carbons (Fsp3) is 0.556. The lowest BCUT2D eigenvalue weighted by molar-refractivity contribution is 0.0718. The molecule has 1 amide bonds. The molecule has 0 aromatic carbocycles. The number of carbonyl (C=O) groups is 1. The van der Waals surface area contributed by atoms with E-state index in [9.17, 15) is 4.79 Å². The molecule has 7 heteroatoms. The molecule has 1 saturated heterocycles. The van der Waals surface area contributed by atoms with Gasteiger partial charge in [0.05, 0.1) is 23.8 Å². The number of amides is 1. The topological polar surface area (TPSA) is 84.2 Å². The highest BCUT2D eigenvalue weighted by molar-refractivity contribution is 5.91. The number of carbonyl (C=O) groups excluding carboxylic acids is 1. The molecule has 0 saturated carbocycles. The summed E-state index contributed by atoms with van der Waals surface area (Å²) in [6.45, 7) is 3.50. The molecule has 0 bridgehead atoms. The summed E-state index contributed by atoms with van der Waals surface area (Å²) in [7, 11) is 1.83. The minimum absolute atomic E-state index is 0.0500. The quantitative estimate of drug-likeness (QED) is 0.898. The number of hydrogen-bond acceptors (Lipinski definition) is 6. The van der Waals surface area contributed by atoms with Crippen LogP contribution in [0.15, 0.2) is 23.0 Å². The fourth-order valence-corrected chi connectivity index (χ4v) is 3.19. The Morgan fingerprint density at radius 1 is 1.28 bits per heavy atom. The maximum absolute atomic E-state index is 12.6. The van der Waals surface area contributed by atoms with Crippen LogP contribution in [0.2, 0.25) is 0 Å². The highest BCUT2D eigenvalue weighted by atomic mass is 16.5. The first-order valence-electron chi connectivity index (χ1n) is 8.93. The van der Waals surface area contributed by atoms with Gasteiger partial charge in [0.1, 0.15) is 5.82 Å². The van der Waals surface area contributed by atoms with Crippen LogP contribution in [0, 0.1) is 5.92 Å². The van der Waals surface area contributed by atoms with E-state index in [1.165, 1.54) is 0 Å². The van der Waals surface area contributed by atoms with E-state index in [2.05, 4.69) is 20.4 Å². The summed E-state index contributed by atoms with van der Waals surface area (Å²) in [5.74, 6) is 1.60. The molecule has 0 unspecified atom stereocenters. The Labute approximate surface area is 147 Å². The summed E-state index contributed by atoms with van der Waals surface area (Å²) in [5.41, 5.74) is 1.83. The molecule has 2 aromatic heterocycles. The zero-order valence-electron chi connectivity index (χ0n) is 14.9. The number of aryl methyl sites for hydroxylation is 1. The third-order valence-electron chi connectivity index (χ3n) is 4.73. The van der Waals surface area contributed by atoms with Gasteiger partial charge in [0.2, 0.25) is 5.76 Å². The number of hydrogen-bond donors (Lipinski definition) is 1. The predicted molar refractivity (Wildman–Crippen MR) is 94.4 cm³/mol. The van der Waals surface area contributed by atoms with Gasteiger partial charge in [-0.05, 0) is 38.0 Å². The van der Waals surface area contributed by atoms with Crippen molar-refractivity contribution < 1.29 is 9.32 Å². The van der Waals surface area contributed by atoms with Crippen molar-refractivity contribution >= 4 is 11.7 Å². The molecule has 1 aliphatic rings. The van der Waals surface area contributed by atoms with Crippen molar-refractivity contribution in [3.63, 3.8) is 0 Å². The Morgan fingerprint density at radius 3 is 2.84 bits per heavy atom. The van der Waals surface area contributed by atoms with Gasteiger partial charge in [-0.1, -0.05) is 12.1 Å². The van der Waals surface area contributed by atoms with Crippen molar-refractivity contribution in [3.05, 3.63) is 35.6 Å². The summed E-state index contributed by atoms with van der Waals surface area (Å²) in [4.78, 5) is 23.2. The summed E-state index contributed by atoms with van der Waals surface area (Å²) >= 11 is 0. The Hall–Kier alpha value is -2.44. The molecule has 2 aromatic rings. The zero-order chi connectivity index (χ0) is 17.6. The maximum Gasteiger partial charge on any atom is 0.292 e. The van der Waals surface area contributed by atoms with E-state index in [1.807, 2.05) is 25.1 Å². The zero-order valence-corrected chi connectivity index (χ0v) is 14.9. The molecule has 1 N–H and O–H groups in total. The fourth-order valence-electron chi connectivity index (χ4n) is 3.19. The van der Waals surface area contributed by atoms with Gasteiger partial charge in [-0.15, -0.1) is 0 Å². The Bertz CT molecular complexity index is 698. The van der Waals surface area contributed by atoms with Crippen molar-refractivity contribution in [2.75, 3.05) is 25.5 Å². The van der Waals surface area contributed by atoms with Gasteiger partial charge < -0.3 is 14.7 Å². The van der Waals surface area contributed by atoms with Gasteiger partial charge in [0.15, 0.2) is 0 Å². The van der Waals surface area contributed by atoms with Crippen LogP contribution in [-0.2, 0) is 12.8 Å². The summed E-state index contributed by atoms with van der Waals surface area (Å²) in [6, 6.07) is 1.75. The standard InChI is InChI=1S/C18H25N5O2/c1-3-14-10-16(25-22-14)18(24)23-7-4-5-13(6-8-23)9-15-11-21-17(19-2)12-20-15/h10-13H,3-9H2,1-2H3,(H,19,21)/t13-/m0/s1. The van der Waals surface area contributed by atoms with Crippen molar-refractivity contribution in [1.29, 1.82) is 0 Å². The molecule has 1 aliphatic heterocycles. The monoisotopic (exact) mass is 343 g/mol. The largest absolute Gasteiger partial charge is 0.372 e. The average molecular weight is 343 g/mol. The van der Waals surface area contributed by atoms with E-state index in [4.69, 9.17) is 4.52 Å². The molecule has 0 radical (unpaired) electrons. The van der Waals surface area contributed by atoms with Gasteiger partial charge in [-0.3, -0.25) is 9.78 Å². The third-order valence-corrected chi connectivity index (χ3v) is 4.73. The van der Waals surface area contributed by atoms with Crippen LogP contribution in [0.3, 0.4) is 0 Å². The first kappa shape index (κ1) is 17.4. The highest BCUT2D eigenvalue weighted by Gasteiger charge is 2.24. The molecule has 7 nitrogen and oxygen atoms in total. The summed E-state index contributed by atoms with van der Waals surface area (Å²) in [5, 5.41) is 6.89. The van der Waals surface area contributed by atoms with Crippen LogP contribution in [-0.4, -0.2) is 46.1 Å². The maximum atomic E-state index is 12.6. The van der Waals surface area contributed by atoms with Crippen LogP contribution >= 0.6 is 0 Å². The normalized spacial score (nSPS) is 18.0. The van der Waals surface area contributed by atoms with Gasteiger partial charge in [0, 0.05) is 26.2 Å². The molecular formula is C18H25N5O2. The molecule has 0 spiro atoms. The second kappa shape index (κ2) is 8.09. The average Bonchev–Trinajstić information content (AvgIpc) is 3.02. The molecular weight excluding hydrogens is 318 g/mol. The predicted octanol–water partition coefficient (Wildman–Crippen LogP) is 2.55. The van der Waals surface area contributed by atoms with E-state index in [-0.39, 0.29) is 5.91 Å². The molecule has 25 heavy (non-hydrogen) atoms. The first-order valence-corrected chi connectivity index (χ1v) is 8.93. The van der Waals surface area contributed by atoms with Crippen molar-refractivity contribution in [1.82, 2.24) is 20.0 Å². The number of nitrogens with one attached hydrogen (secondary N) is 1. The second-order valence-electron chi connectivity index (χ2n) is 6.47. The van der Waals surface area contributed by atoms with E-state index >= 15 is 0 Å². The van der Waals surface area contributed by atoms with Crippen molar-refractivity contribution in [2.24, 2.45) is 5.92 Å². The Balaban J connectivity index is 1.56. The Morgan fingerprint density at radius 2 is 2.16 bits per heavy atom. The van der Waals surface area contributed by atoms with Gasteiger partial charge in [0.25, 0.3) is 5.91 Å². The third kappa shape index (κ3) is 4.35. The number of rotatable bonds is 5. The Kier molecular flexibility index (Phi) is 5.63. The van der Waals surface area contributed by atoms with E-state index in [1.54, 1.807) is 12.3 Å². The molecule has 3 heterocycles. The number of nitrogens with zero attached hydrogens (tertiary/aromatic N) is 4. The van der Waals surface area contributed by atoms with Gasteiger partial charge >= 0.3 is 0 Å². The highest BCUT2D eigenvalue weighted by Crippen LogP contribution is 2.22. The summed E-state index contributed by atoms with van der Waals surface area (Å²) < 4.78 is 5.19.